The van der Waals surface area contributed by atoms with Crippen LogP contribution >= 0.6 is 0 Å². The first-order chi connectivity index (χ1) is 33.6. The molecule has 7 rings (SSSR count). The molecule has 4 aromatic carbocycles. The van der Waals surface area contributed by atoms with Gasteiger partial charge in [-0.3, -0.25) is 25.1 Å². The van der Waals surface area contributed by atoms with Gasteiger partial charge in [0.05, 0.1) is 58.2 Å². The third-order valence-electron chi connectivity index (χ3n) is 12.1. The number of methoxy groups -OCH3 is 2. The molecule has 0 spiro atoms. The quantitative estimate of drug-likeness (QED) is 0.0524. The average molecular weight is 954 g/mol. The number of piperidine rings is 1. The summed E-state index contributed by atoms with van der Waals surface area (Å²) in [5.41, 5.74) is 5.68. The first-order valence-electron chi connectivity index (χ1n) is 22.5. The highest BCUT2D eigenvalue weighted by Crippen LogP contribution is 2.42. The molecule has 1 saturated heterocycles. The molecule has 2 unspecified atom stereocenters. The number of benzene rings is 4. The number of rotatable bonds is 14. The van der Waals surface area contributed by atoms with Crippen LogP contribution in [0, 0.1) is 20.2 Å². The van der Waals surface area contributed by atoms with E-state index in [1.54, 1.807) is 52.0 Å². The number of likely N-dealkylation sites (tertiary alicyclic amines) is 1. The number of nitro benzene ring substituents is 2. The smallest absolute Gasteiger partial charge is 0.337 e. The second-order valence-electron chi connectivity index (χ2n) is 16.7. The Kier molecular flexibility index (Phi) is 17.3. The van der Waals surface area contributed by atoms with E-state index in [2.05, 4.69) is 27.7 Å². The van der Waals surface area contributed by atoms with Crippen LogP contribution in [0.5, 0.6) is 0 Å². The van der Waals surface area contributed by atoms with Gasteiger partial charge in [0.15, 0.2) is 0 Å². The standard InChI is InChI=1S/C28H31N3O6.C25H24N2O6/c1-18-24(27(32)36-3)26(21-10-7-11-22(16-21)31(34)35)25(19(2)29-18)28(33)37-23-12-14-30(15-13-23)17-20-8-5-4-6-9-20;1-16-21(24(28)32-3)23(19-12-7-13-20(15-19)27(30)31)22(17(2)26-16)25(29)33-14-8-11-18-9-5-4-6-10-18/h4-11,16,23,26,29H,12-15,17H2,1-3H3;4-13,15,23,26H,14H2,1-3H3/b;11-8+. The van der Waals surface area contributed by atoms with E-state index in [1.165, 1.54) is 50.1 Å². The fourth-order valence-corrected chi connectivity index (χ4v) is 8.78. The number of nitrogens with one attached hydrogen (secondary N) is 2. The van der Waals surface area contributed by atoms with Crippen molar-refractivity contribution in [3.8, 4) is 0 Å². The summed E-state index contributed by atoms with van der Waals surface area (Å²) in [6.07, 6.45) is 4.66. The van der Waals surface area contributed by atoms with Crippen LogP contribution in [0.2, 0.25) is 0 Å². The van der Waals surface area contributed by atoms with Gasteiger partial charge < -0.3 is 29.6 Å². The number of dihydropyridines is 2. The molecule has 1 fully saturated rings. The normalized spacial score (nSPS) is 17.5. The molecule has 0 aromatic heterocycles. The second-order valence-corrected chi connectivity index (χ2v) is 16.7. The Hall–Kier alpha value is -8.18. The van der Waals surface area contributed by atoms with E-state index < -0.39 is 45.6 Å². The Balaban J connectivity index is 0.000000231. The summed E-state index contributed by atoms with van der Waals surface area (Å²) in [5, 5.41) is 28.9. The minimum absolute atomic E-state index is 0.0163. The van der Waals surface area contributed by atoms with E-state index in [1.807, 2.05) is 54.6 Å². The lowest BCUT2D eigenvalue weighted by Gasteiger charge is -2.34. The lowest BCUT2D eigenvalue weighted by atomic mass is 9.80. The molecule has 0 bridgehead atoms. The molecule has 0 aliphatic carbocycles. The molecule has 0 radical (unpaired) electrons. The molecule has 2 N–H and O–H groups in total. The van der Waals surface area contributed by atoms with Gasteiger partial charge in [0.1, 0.15) is 12.7 Å². The largest absolute Gasteiger partial charge is 0.466 e. The minimum atomic E-state index is -0.885. The summed E-state index contributed by atoms with van der Waals surface area (Å²) < 4.78 is 21.4. The highest BCUT2D eigenvalue weighted by Gasteiger charge is 2.40. The Bertz CT molecular complexity index is 2790. The summed E-state index contributed by atoms with van der Waals surface area (Å²) in [6, 6.07) is 31.6. The van der Waals surface area contributed by atoms with Crippen LogP contribution in [0.1, 0.15) is 74.6 Å². The van der Waals surface area contributed by atoms with Crippen LogP contribution in [0.15, 0.2) is 160 Å². The van der Waals surface area contributed by atoms with Gasteiger partial charge in [0, 0.05) is 66.7 Å². The van der Waals surface area contributed by atoms with Crippen molar-refractivity contribution in [2.24, 2.45) is 0 Å². The number of esters is 4. The average Bonchev–Trinajstić information content (AvgIpc) is 3.35. The number of carbonyl (C=O) groups excluding carboxylic acids is 4. The number of hydrogen-bond acceptors (Lipinski definition) is 15. The van der Waals surface area contributed by atoms with Crippen molar-refractivity contribution < 1.29 is 48.0 Å². The van der Waals surface area contributed by atoms with E-state index in [0.717, 1.165) is 25.2 Å². The highest BCUT2D eigenvalue weighted by atomic mass is 16.6. The Morgan fingerprint density at radius 3 is 1.51 bits per heavy atom. The van der Waals surface area contributed by atoms with Crippen molar-refractivity contribution in [2.45, 2.75) is 65.0 Å². The van der Waals surface area contributed by atoms with Crippen LogP contribution in [0.25, 0.3) is 6.08 Å². The van der Waals surface area contributed by atoms with Gasteiger partial charge in [0.2, 0.25) is 0 Å². The predicted molar refractivity (Wildman–Crippen MR) is 260 cm³/mol. The molecular formula is C53H55N5O12. The molecule has 3 aliphatic heterocycles. The summed E-state index contributed by atoms with van der Waals surface area (Å²) in [6.45, 7) is 9.28. The molecule has 0 saturated carbocycles. The number of nitrogens with zero attached hydrogens (tertiary/aromatic N) is 3. The molecule has 4 aromatic rings. The molecule has 0 amide bonds. The van der Waals surface area contributed by atoms with Crippen LogP contribution in [-0.4, -0.2) is 78.6 Å². The van der Waals surface area contributed by atoms with Gasteiger partial charge in [-0.1, -0.05) is 91.0 Å². The van der Waals surface area contributed by atoms with E-state index in [9.17, 15) is 39.4 Å². The van der Waals surface area contributed by atoms with Crippen molar-refractivity contribution in [1.29, 1.82) is 0 Å². The van der Waals surface area contributed by atoms with E-state index in [0.29, 0.717) is 46.8 Å². The number of nitro groups is 2. The molecule has 3 aliphatic rings. The van der Waals surface area contributed by atoms with Crippen molar-refractivity contribution in [3.63, 3.8) is 0 Å². The van der Waals surface area contributed by atoms with Crippen molar-refractivity contribution in [1.82, 2.24) is 15.5 Å². The van der Waals surface area contributed by atoms with E-state index in [-0.39, 0.29) is 46.4 Å². The number of allylic oxidation sites excluding steroid dienone is 4. The van der Waals surface area contributed by atoms with E-state index in [4.69, 9.17) is 18.9 Å². The van der Waals surface area contributed by atoms with Crippen molar-refractivity contribution >= 4 is 41.3 Å². The molecule has 70 heavy (non-hydrogen) atoms. The Morgan fingerprint density at radius 2 is 1.06 bits per heavy atom. The molecule has 364 valence electrons. The van der Waals surface area contributed by atoms with Crippen molar-refractivity contribution in [2.75, 3.05) is 33.9 Å². The molecule has 3 heterocycles. The van der Waals surface area contributed by atoms with E-state index >= 15 is 0 Å². The molecule has 17 nitrogen and oxygen atoms in total. The minimum Gasteiger partial charge on any atom is -0.466 e. The van der Waals surface area contributed by atoms with Crippen LogP contribution in [0.4, 0.5) is 11.4 Å². The number of ether oxygens (including phenoxy) is 4. The van der Waals surface area contributed by atoms with Crippen LogP contribution < -0.4 is 10.6 Å². The maximum atomic E-state index is 13.6. The topological polar surface area (TPSA) is 219 Å². The van der Waals surface area contributed by atoms with Gasteiger partial charge in [-0.15, -0.1) is 0 Å². The second kappa shape index (κ2) is 23.7. The lowest BCUT2D eigenvalue weighted by molar-refractivity contribution is -0.385. The summed E-state index contributed by atoms with van der Waals surface area (Å²) in [4.78, 5) is 76.2. The fraction of sp³-hybridized carbons (Fsp3) is 0.283. The van der Waals surface area contributed by atoms with Crippen molar-refractivity contribution in [3.05, 3.63) is 203 Å². The summed E-state index contributed by atoms with van der Waals surface area (Å²) in [5.74, 6) is -4.18. The number of non-ortho nitro benzene ring substituents is 2. The van der Waals surface area contributed by atoms with Gasteiger partial charge in [0.25, 0.3) is 11.4 Å². The molecule has 17 heteroatoms. The van der Waals surface area contributed by atoms with Gasteiger partial charge in [-0.2, -0.15) is 0 Å². The summed E-state index contributed by atoms with van der Waals surface area (Å²) in [7, 11) is 2.50. The SMILES string of the molecule is COC(=O)C1=C(C)NC(C)=C(C(=O)OC/C=C/c2ccccc2)C1c1cccc([N+](=O)[O-])c1.COC(=O)C1=C(C)NC(C)=C(C(=O)OC2CCN(Cc3ccccc3)CC2)C1c1cccc([N+](=O)[O-])c1. The van der Waals surface area contributed by atoms with Crippen LogP contribution in [-0.2, 0) is 44.7 Å². The van der Waals surface area contributed by atoms with Gasteiger partial charge >= 0.3 is 23.9 Å². The monoisotopic (exact) mass is 953 g/mol. The number of carbonyl (C=O) groups is 4. The van der Waals surface area contributed by atoms with Gasteiger partial charge in [-0.25, -0.2) is 19.2 Å². The molecular weight excluding hydrogens is 899 g/mol. The zero-order valence-electron chi connectivity index (χ0n) is 39.8. The predicted octanol–water partition coefficient (Wildman–Crippen LogP) is 8.47. The summed E-state index contributed by atoms with van der Waals surface area (Å²) >= 11 is 0. The number of hydrogen-bond donors (Lipinski definition) is 2. The Morgan fingerprint density at radius 1 is 0.614 bits per heavy atom. The maximum Gasteiger partial charge on any atom is 0.337 e. The third-order valence-corrected chi connectivity index (χ3v) is 12.1. The Labute approximate surface area is 405 Å². The third kappa shape index (κ3) is 12.5. The lowest BCUT2D eigenvalue weighted by Crippen LogP contribution is -2.39. The molecule has 2 atom stereocenters. The maximum absolute atomic E-state index is 13.6. The fourth-order valence-electron chi connectivity index (χ4n) is 8.78. The van der Waals surface area contributed by atoms with Gasteiger partial charge in [-0.05, 0) is 68.9 Å². The van der Waals surface area contributed by atoms with Crippen LogP contribution in [0.3, 0.4) is 0 Å². The first kappa shape index (κ1) is 51.2. The highest BCUT2D eigenvalue weighted by molar-refractivity contribution is 6.01. The zero-order chi connectivity index (χ0) is 50.5. The zero-order valence-corrected chi connectivity index (χ0v) is 39.8. The first-order valence-corrected chi connectivity index (χ1v) is 22.5.